The Morgan fingerprint density at radius 1 is 1.21 bits per heavy atom. The summed E-state index contributed by atoms with van der Waals surface area (Å²) in [5.74, 6) is 2.88. The van der Waals surface area contributed by atoms with Crippen LogP contribution in [0.15, 0.2) is 18.2 Å². The van der Waals surface area contributed by atoms with Gasteiger partial charge in [-0.05, 0) is 47.1 Å². The molecule has 1 atom stereocenters. The van der Waals surface area contributed by atoms with E-state index in [0.29, 0.717) is 18.1 Å². The average molecular weight is 459 g/mol. The monoisotopic (exact) mass is 458 g/mol. The van der Waals surface area contributed by atoms with E-state index < -0.39 is 0 Å². The second-order valence-electron chi connectivity index (χ2n) is 9.08. The van der Waals surface area contributed by atoms with Crippen molar-refractivity contribution in [2.45, 2.75) is 85.3 Å². The van der Waals surface area contributed by atoms with Crippen LogP contribution in [0, 0.1) is 6.92 Å². The average Bonchev–Trinajstić information content (AvgIpc) is 3.36. The third-order valence-electron chi connectivity index (χ3n) is 5.64. The first kappa shape index (κ1) is 24.7. The molecule has 2 heterocycles. The predicted molar refractivity (Wildman–Crippen MR) is 130 cm³/mol. The van der Waals surface area contributed by atoms with Crippen molar-refractivity contribution in [1.29, 1.82) is 0 Å². The molecule has 0 bridgehead atoms. The maximum Gasteiger partial charge on any atom is 0.320 e. The molecule has 0 saturated carbocycles. The molecule has 0 aliphatic carbocycles. The number of rotatable bonds is 11. The Balaban J connectivity index is 1.74. The Morgan fingerprint density at radius 2 is 2.00 bits per heavy atom. The van der Waals surface area contributed by atoms with Crippen LogP contribution >= 0.6 is 0 Å². The molecule has 2 amide bonds. The molecule has 3 rings (SSSR count). The fourth-order valence-corrected chi connectivity index (χ4v) is 4.05. The van der Waals surface area contributed by atoms with Crippen molar-refractivity contribution in [2.75, 3.05) is 18.7 Å². The Morgan fingerprint density at radius 3 is 2.70 bits per heavy atom. The van der Waals surface area contributed by atoms with E-state index in [1.807, 2.05) is 46.8 Å². The Bertz CT molecular complexity index is 939. The molecule has 33 heavy (non-hydrogen) atoms. The Labute approximate surface area is 197 Å². The number of urea groups is 1. The standard InChI is InChI=1S/C25H38N4O4/c1-7-8-9-11-19(20-12-10-13-21-23(20)32-15-31-21)14-26-25(30)27-24-22(33-17(4)5)18(6)28-29(24)16(2)3/h10,12-13,16-17,19H,7-9,11,14-15H2,1-6H3,(H2,26,27,30)/t19-/m0/s1. The van der Waals surface area contributed by atoms with Gasteiger partial charge in [-0.25, -0.2) is 9.48 Å². The number of para-hydroxylation sites is 1. The second-order valence-corrected chi connectivity index (χ2v) is 9.08. The van der Waals surface area contributed by atoms with E-state index in [4.69, 9.17) is 14.2 Å². The third kappa shape index (κ3) is 6.12. The van der Waals surface area contributed by atoms with E-state index in [-0.39, 0.29) is 30.9 Å². The smallest absolute Gasteiger partial charge is 0.320 e. The van der Waals surface area contributed by atoms with Gasteiger partial charge in [0.05, 0.1) is 6.10 Å². The summed E-state index contributed by atoms with van der Waals surface area (Å²) in [5, 5.41) is 10.6. The molecule has 182 valence electrons. The van der Waals surface area contributed by atoms with Crippen molar-refractivity contribution in [3.8, 4) is 17.2 Å². The lowest BCUT2D eigenvalue weighted by Gasteiger charge is -2.20. The maximum absolute atomic E-state index is 13.0. The normalized spacial score (nSPS) is 13.5. The molecule has 8 heteroatoms. The van der Waals surface area contributed by atoms with Crippen LogP contribution < -0.4 is 24.8 Å². The first-order chi connectivity index (χ1) is 15.8. The maximum atomic E-state index is 13.0. The third-order valence-corrected chi connectivity index (χ3v) is 5.64. The van der Waals surface area contributed by atoms with Gasteiger partial charge in [-0.2, -0.15) is 5.10 Å². The lowest BCUT2D eigenvalue weighted by atomic mass is 9.92. The second kappa shape index (κ2) is 11.3. The molecule has 0 fully saturated rings. The number of aryl methyl sites for hydroxylation is 1. The first-order valence-corrected chi connectivity index (χ1v) is 12.0. The van der Waals surface area contributed by atoms with Crippen molar-refractivity contribution in [3.63, 3.8) is 0 Å². The van der Waals surface area contributed by atoms with Crippen LogP contribution in [0.3, 0.4) is 0 Å². The molecule has 0 spiro atoms. The summed E-state index contributed by atoms with van der Waals surface area (Å²) in [6, 6.07) is 5.76. The van der Waals surface area contributed by atoms with Crippen LogP contribution in [0.25, 0.3) is 0 Å². The minimum absolute atomic E-state index is 0.0255. The number of fused-ring (bicyclic) bond motifs is 1. The number of benzene rings is 1. The summed E-state index contributed by atoms with van der Waals surface area (Å²) in [4.78, 5) is 13.0. The highest BCUT2D eigenvalue weighted by molar-refractivity contribution is 5.90. The van der Waals surface area contributed by atoms with Crippen molar-refractivity contribution in [2.24, 2.45) is 0 Å². The predicted octanol–water partition coefficient (Wildman–Crippen LogP) is 5.77. The summed E-state index contributed by atoms with van der Waals surface area (Å²) in [5.41, 5.74) is 1.83. The van der Waals surface area contributed by atoms with E-state index >= 15 is 0 Å². The van der Waals surface area contributed by atoms with Crippen molar-refractivity contribution in [3.05, 3.63) is 29.5 Å². The molecule has 1 aromatic heterocycles. The molecule has 0 unspecified atom stereocenters. The van der Waals surface area contributed by atoms with Crippen LogP contribution in [0.2, 0.25) is 0 Å². The van der Waals surface area contributed by atoms with Gasteiger partial charge in [0.25, 0.3) is 0 Å². The van der Waals surface area contributed by atoms with Crippen LogP contribution in [-0.2, 0) is 0 Å². The number of unbranched alkanes of at least 4 members (excludes halogenated alkanes) is 2. The molecule has 1 aliphatic rings. The van der Waals surface area contributed by atoms with Gasteiger partial charge in [-0.15, -0.1) is 0 Å². The van der Waals surface area contributed by atoms with E-state index in [9.17, 15) is 4.79 Å². The van der Waals surface area contributed by atoms with Gasteiger partial charge in [-0.1, -0.05) is 38.3 Å². The number of nitrogens with zero attached hydrogens (tertiary/aromatic N) is 2. The molecule has 0 saturated heterocycles. The minimum Gasteiger partial charge on any atom is -0.485 e. The zero-order valence-corrected chi connectivity index (χ0v) is 20.7. The first-order valence-electron chi connectivity index (χ1n) is 12.0. The Hall–Kier alpha value is -2.90. The summed E-state index contributed by atoms with van der Waals surface area (Å²) >= 11 is 0. The van der Waals surface area contributed by atoms with Crippen molar-refractivity contribution in [1.82, 2.24) is 15.1 Å². The van der Waals surface area contributed by atoms with Gasteiger partial charge in [-0.3, -0.25) is 5.32 Å². The zero-order valence-electron chi connectivity index (χ0n) is 20.7. The van der Waals surface area contributed by atoms with Crippen LogP contribution in [0.1, 0.15) is 83.5 Å². The number of anilines is 1. The topological polar surface area (TPSA) is 86.6 Å². The molecule has 2 aromatic rings. The summed E-state index contributed by atoms with van der Waals surface area (Å²) in [6.45, 7) is 12.8. The van der Waals surface area contributed by atoms with Gasteiger partial charge in [0.1, 0.15) is 5.69 Å². The fourth-order valence-electron chi connectivity index (χ4n) is 4.05. The number of hydrogen-bond donors (Lipinski definition) is 2. The van der Waals surface area contributed by atoms with E-state index in [1.165, 1.54) is 0 Å². The van der Waals surface area contributed by atoms with Crippen LogP contribution in [-0.4, -0.2) is 35.3 Å². The quantitative estimate of drug-likeness (QED) is 0.417. The lowest BCUT2D eigenvalue weighted by Crippen LogP contribution is -2.33. The molecule has 8 nitrogen and oxygen atoms in total. The number of hydrogen-bond acceptors (Lipinski definition) is 5. The van der Waals surface area contributed by atoms with Gasteiger partial charge in [0.2, 0.25) is 6.79 Å². The molecular weight excluding hydrogens is 420 g/mol. The lowest BCUT2D eigenvalue weighted by molar-refractivity contribution is 0.173. The number of ether oxygens (including phenoxy) is 3. The van der Waals surface area contributed by atoms with E-state index in [1.54, 1.807) is 4.68 Å². The zero-order chi connectivity index (χ0) is 24.0. The fraction of sp³-hybridized carbons (Fsp3) is 0.600. The van der Waals surface area contributed by atoms with Crippen LogP contribution in [0.5, 0.6) is 17.2 Å². The SMILES string of the molecule is CCCCC[C@@H](CNC(=O)Nc1c(OC(C)C)c(C)nn1C(C)C)c1cccc2c1OCO2. The van der Waals surface area contributed by atoms with E-state index in [0.717, 1.165) is 48.4 Å². The summed E-state index contributed by atoms with van der Waals surface area (Å²) in [7, 11) is 0. The highest BCUT2D eigenvalue weighted by Gasteiger charge is 2.25. The van der Waals surface area contributed by atoms with Crippen molar-refractivity contribution < 1.29 is 19.0 Å². The Kier molecular flexibility index (Phi) is 8.47. The molecule has 1 aromatic carbocycles. The summed E-state index contributed by atoms with van der Waals surface area (Å²) in [6.07, 6.45) is 4.31. The van der Waals surface area contributed by atoms with Crippen molar-refractivity contribution >= 4 is 11.8 Å². The van der Waals surface area contributed by atoms with Gasteiger partial charge in [0.15, 0.2) is 23.1 Å². The van der Waals surface area contributed by atoms with Gasteiger partial charge >= 0.3 is 6.03 Å². The molecule has 2 N–H and O–H groups in total. The number of amides is 2. The highest BCUT2D eigenvalue weighted by Crippen LogP contribution is 2.40. The van der Waals surface area contributed by atoms with Gasteiger partial charge in [0, 0.05) is 24.1 Å². The number of aromatic nitrogens is 2. The molecule has 0 radical (unpaired) electrons. The largest absolute Gasteiger partial charge is 0.485 e. The number of nitrogens with one attached hydrogen (secondary N) is 2. The number of carbonyl (C=O) groups excluding carboxylic acids is 1. The van der Waals surface area contributed by atoms with Gasteiger partial charge < -0.3 is 19.5 Å². The van der Waals surface area contributed by atoms with Crippen LogP contribution in [0.4, 0.5) is 10.6 Å². The summed E-state index contributed by atoms with van der Waals surface area (Å²) < 4.78 is 19.0. The minimum atomic E-state index is -0.282. The highest BCUT2D eigenvalue weighted by atomic mass is 16.7. The molecule has 1 aliphatic heterocycles. The number of carbonyl (C=O) groups is 1. The molecular formula is C25H38N4O4. The van der Waals surface area contributed by atoms with E-state index in [2.05, 4.69) is 28.7 Å².